The van der Waals surface area contributed by atoms with Gasteiger partial charge in [0.1, 0.15) is 15.9 Å². The zero-order valence-corrected chi connectivity index (χ0v) is 10.0. The third-order valence-corrected chi connectivity index (χ3v) is 2.73. The molecule has 0 fully saturated rings. The van der Waals surface area contributed by atoms with Crippen LogP contribution in [0, 0.1) is 0 Å². The van der Waals surface area contributed by atoms with E-state index < -0.39 is 27.8 Å². The van der Waals surface area contributed by atoms with Crippen molar-refractivity contribution in [2.75, 3.05) is 25.6 Å². The first-order chi connectivity index (χ1) is 7.26. The molecule has 94 valence electrons. The highest BCUT2D eigenvalue weighted by Gasteiger charge is 2.21. The second-order valence-electron chi connectivity index (χ2n) is 3.41. The molecule has 0 aliphatic rings. The van der Waals surface area contributed by atoms with E-state index in [0.717, 1.165) is 6.26 Å². The van der Waals surface area contributed by atoms with Gasteiger partial charge in [0.05, 0.1) is 12.3 Å². The van der Waals surface area contributed by atoms with E-state index in [1.807, 2.05) is 0 Å². The molecule has 0 aromatic heterocycles. The molecule has 1 atom stereocenters. The molecule has 0 heterocycles. The first kappa shape index (κ1) is 14.8. The van der Waals surface area contributed by atoms with Gasteiger partial charge in [-0.2, -0.15) is 0 Å². The Balaban J connectivity index is 4.29. The number of hydrogen-bond acceptors (Lipinski definition) is 5. The molecule has 0 aromatic rings. The zero-order chi connectivity index (χ0) is 12.8. The van der Waals surface area contributed by atoms with Crippen molar-refractivity contribution < 1.29 is 23.1 Å². The summed E-state index contributed by atoms with van der Waals surface area (Å²) in [5.41, 5.74) is 0. The fourth-order valence-electron chi connectivity index (χ4n) is 0.995. The van der Waals surface area contributed by atoms with Crippen molar-refractivity contribution in [2.45, 2.75) is 12.5 Å². The molecule has 1 unspecified atom stereocenters. The number of nitrogens with one attached hydrogen (secondary N) is 2. The number of carbonyl (C=O) groups is 2. The van der Waals surface area contributed by atoms with Crippen LogP contribution in [-0.2, 0) is 19.4 Å². The summed E-state index contributed by atoms with van der Waals surface area (Å²) in [6, 6.07) is -1.17. The maximum atomic E-state index is 11.1. The highest BCUT2D eigenvalue weighted by Crippen LogP contribution is 1.96. The van der Waals surface area contributed by atoms with Crippen molar-refractivity contribution in [3.8, 4) is 0 Å². The van der Waals surface area contributed by atoms with Crippen LogP contribution in [0.25, 0.3) is 0 Å². The summed E-state index contributed by atoms with van der Waals surface area (Å²) in [6.45, 7) is -0.0113. The Morgan fingerprint density at radius 1 is 1.38 bits per heavy atom. The van der Waals surface area contributed by atoms with E-state index in [2.05, 4.69) is 10.6 Å². The zero-order valence-electron chi connectivity index (χ0n) is 9.19. The Labute approximate surface area is 94.1 Å². The van der Waals surface area contributed by atoms with E-state index >= 15 is 0 Å². The lowest BCUT2D eigenvalue weighted by Crippen LogP contribution is -2.44. The van der Waals surface area contributed by atoms with E-state index in [0.29, 0.717) is 0 Å². The van der Waals surface area contributed by atoms with E-state index in [1.54, 1.807) is 7.05 Å². The molecular formula is C8H16N2O5S. The van der Waals surface area contributed by atoms with Gasteiger partial charge in [0.25, 0.3) is 0 Å². The van der Waals surface area contributed by atoms with Gasteiger partial charge in [0.2, 0.25) is 5.91 Å². The van der Waals surface area contributed by atoms with Crippen LogP contribution in [0.3, 0.4) is 0 Å². The predicted molar refractivity (Wildman–Crippen MR) is 57.8 cm³/mol. The Morgan fingerprint density at radius 2 is 1.94 bits per heavy atom. The van der Waals surface area contributed by atoms with Crippen LogP contribution in [0.15, 0.2) is 0 Å². The van der Waals surface area contributed by atoms with Crippen molar-refractivity contribution in [3.63, 3.8) is 0 Å². The molecular weight excluding hydrogens is 236 g/mol. The van der Waals surface area contributed by atoms with Crippen LogP contribution in [0.2, 0.25) is 0 Å². The van der Waals surface area contributed by atoms with Gasteiger partial charge in [0.15, 0.2) is 0 Å². The number of carboxylic acid groups (broad SMARTS) is 1. The molecule has 0 rings (SSSR count). The Hall–Kier alpha value is -1.15. The monoisotopic (exact) mass is 252 g/mol. The predicted octanol–water partition coefficient (Wildman–Crippen LogP) is -1.79. The topological polar surface area (TPSA) is 113 Å². The van der Waals surface area contributed by atoms with Crippen LogP contribution in [-0.4, -0.2) is 57.0 Å². The van der Waals surface area contributed by atoms with Gasteiger partial charge < -0.3 is 15.7 Å². The fourth-order valence-corrected chi connectivity index (χ4v) is 1.66. The second-order valence-corrected chi connectivity index (χ2v) is 5.67. The minimum Gasteiger partial charge on any atom is -0.480 e. The van der Waals surface area contributed by atoms with Crippen molar-refractivity contribution in [1.29, 1.82) is 0 Å². The van der Waals surface area contributed by atoms with Crippen LogP contribution in [0.5, 0.6) is 0 Å². The molecule has 0 spiro atoms. The van der Waals surface area contributed by atoms with E-state index in [4.69, 9.17) is 5.11 Å². The fraction of sp³-hybridized carbons (Fsp3) is 0.750. The van der Waals surface area contributed by atoms with E-state index in [1.165, 1.54) is 0 Å². The number of amides is 1. The molecule has 0 aliphatic heterocycles. The standard InChI is InChI=1S/C8H16N2O5S/c1-9-5-7(11)10-6(8(12)13)3-4-16(2,14)15/h6,9H,3-5H2,1-2H3,(H,10,11)(H,12,13). The molecule has 0 bridgehead atoms. The lowest BCUT2D eigenvalue weighted by molar-refractivity contribution is -0.141. The number of hydrogen-bond donors (Lipinski definition) is 3. The van der Waals surface area contributed by atoms with E-state index in [-0.39, 0.29) is 18.7 Å². The maximum absolute atomic E-state index is 11.1. The first-order valence-electron chi connectivity index (χ1n) is 4.60. The van der Waals surface area contributed by atoms with Crippen LogP contribution in [0.1, 0.15) is 6.42 Å². The smallest absolute Gasteiger partial charge is 0.326 e. The van der Waals surface area contributed by atoms with Gasteiger partial charge in [0, 0.05) is 6.26 Å². The summed E-state index contributed by atoms with van der Waals surface area (Å²) in [4.78, 5) is 21.8. The van der Waals surface area contributed by atoms with E-state index in [9.17, 15) is 18.0 Å². The minimum atomic E-state index is -3.23. The molecule has 1 amide bonds. The normalized spacial score (nSPS) is 13.1. The number of sulfone groups is 1. The molecule has 3 N–H and O–H groups in total. The van der Waals surface area contributed by atoms with Gasteiger partial charge in [-0.15, -0.1) is 0 Å². The molecule has 0 radical (unpaired) electrons. The SMILES string of the molecule is CNCC(=O)NC(CCS(C)(=O)=O)C(=O)O. The molecule has 0 saturated heterocycles. The van der Waals surface area contributed by atoms with Crippen molar-refractivity contribution >= 4 is 21.7 Å². The maximum Gasteiger partial charge on any atom is 0.326 e. The molecule has 0 saturated carbocycles. The van der Waals surface area contributed by atoms with Gasteiger partial charge in [-0.05, 0) is 13.5 Å². The quantitative estimate of drug-likeness (QED) is 0.493. The lowest BCUT2D eigenvalue weighted by atomic mass is 10.2. The van der Waals surface area contributed by atoms with Crippen molar-refractivity contribution in [2.24, 2.45) is 0 Å². The van der Waals surface area contributed by atoms with Gasteiger partial charge >= 0.3 is 5.97 Å². The summed E-state index contributed by atoms with van der Waals surface area (Å²) in [5, 5.41) is 13.5. The summed E-state index contributed by atoms with van der Waals surface area (Å²) in [5.74, 6) is -2.00. The van der Waals surface area contributed by atoms with Gasteiger partial charge in [-0.3, -0.25) is 4.79 Å². The van der Waals surface area contributed by atoms with Crippen molar-refractivity contribution in [1.82, 2.24) is 10.6 Å². The third kappa shape index (κ3) is 7.18. The summed E-state index contributed by atoms with van der Waals surface area (Å²) >= 11 is 0. The molecule has 8 heteroatoms. The number of carboxylic acids is 1. The first-order valence-corrected chi connectivity index (χ1v) is 6.67. The number of carbonyl (C=O) groups excluding carboxylic acids is 1. The molecule has 0 aromatic carbocycles. The summed E-state index contributed by atoms with van der Waals surface area (Å²) in [7, 11) is -1.68. The average molecular weight is 252 g/mol. The van der Waals surface area contributed by atoms with Crippen LogP contribution in [0.4, 0.5) is 0 Å². The average Bonchev–Trinajstić information content (AvgIpc) is 2.10. The molecule has 16 heavy (non-hydrogen) atoms. The molecule has 7 nitrogen and oxygen atoms in total. The number of aliphatic carboxylic acids is 1. The number of rotatable bonds is 7. The number of likely N-dealkylation sites (N-methyl/N-ethyl adjacent to an activating group) is 1. The summed E-state index contributed by atoms with van der Waals surface area (Å²) in [6.07, 6.45) is 0.880. The van der Waals surface area contributed by atoms with Crippen LogP contribution >= 0.6 is 0 Å². The third-order valence-electron chi connectivity index (χ3n) is 1.75. The Morgan fingerprint density at radius 3 is 2.31 bits per heavy atom. The molecule has 0 aliphatic carbocycles. The van der Waals surface area contributed by atoms with Crippen molar-refractivity contribution in [3.05, 3.63) is 0 Å². The highest BCUT2D eigenvalue weighted by molar-refractivity contribution is 7.90. The van der Waals surface area contributed by atoms with Gasteiger partial charge in [-0.25, -0.2) is 13.2 Å². The Kier molecular flexibility index (Phi) is 5.97. The Bertz CT molecular complexity index is 351. The second kappa shape index (κ2) is 6.44. The lowest BCUT2D eigenvalue weighted by Gasteiger charge is -2.13. The van der Waals surface area contributed by atoms with Gasteiger partial charge in [-0.1, -0.05) is 0 Å². The van der Waals surface area contributed by atoms with Crippen LogP contribution < -0.4 is 10.6 Å². The highest BCUT2D eigenvalue weighted by atomic mass is 32.2. The largest absolute Gasteiger partial charge is 0.480 e. The summed E-state index contributed by atoms with van der Waals surface area (Å²) < 4.78 is 21.7. The minimum absolute atomic E-state index is 0.0113.